The first-order valence-electron chi connectivity index (χ1n) is 4.28. The monoisotopic (exact) mass is 187 g/mol. The van der Waals surface area contributed by atoms with Crippen molar-refractivity contribution in [2.45, 2.75) is 38.6 Å². The topological polar surface area (TPSA) is 30.7 Å². The van der Waals surface area contributed by atoms with Crippen molar-refractivity contribution >= 4 is 11.6 Å². The summed E-state index contributed by atoms with van der Waals surface area (Å²) < 4.78 is 1.84. The molecule has 0 aliphatic rings. The molecule has 1 atom stereocenters. The van der Waals surface area contributed by atoms with Crippen LogP contribution in [0, 0.1) is 0 Å². The smallest absolute Gasteiger partial charge is 0.100 e. The zero-order valence-electron chi connectivity index (χ0n) is 7.50. The van der Waals surface area contributed by atoms with Gasteiger partial charge in [0.25, 0.3) is 0 Å². The molecule has 1 unspecified atom stereocenters. The van der Waals surface area contributed by atoms with E-state index in [0.29, 0.717) is 0 Å². The van der Waals surface area contributed by atoms with Gasteiger partial charge in [-0.05, 0) is 13.3 Å². The Morgan fingerprint density at radius 2 is 2.42 bits per heavy atom. The van der Waals surface area contributed by atoms with E-state index in [9.17, 15) is 0 Å². The van der Waals surface area contributed by atoms with Gasteiger partial charge < -0.3 is 0 Å². The normalized spacial score (nSPS) is 13.2. The van der Waals surface area contributed by atoms with Crippen LogP contribution in [-0.4, -0.2) is 15.0 Å². The van der Waals surface area contributed by atoms with Crippen LogP contribution in [0.3, 0.4) is 0 Å². The van der Waals surface area contributed by atoms with E-state index < -0.39 is 0 Å². The van der Waals surface area contributed by atoms with Crippen LogP contribution in [0.1, 0.15) is 37.8 Å². The third-order valence-electron chi connectivity index (χ3n) is 1.70. The largest absolute Gasteiger partial charge is 0.252 e. The van der Waals surface area contributed by atoms with E-state index in [1.807, 2.05) is 17.8 Å². The molecular weight excluding hydrogens is 174 g/mol. The number of aromatic nitrogens is 3. The van der Waals surface area contributed by atoms with Crippen LogP contribution in [-0.2, 0) is 6.54 Å². The Morgan fingerprint density at radius 3 is 2.92 bits per heavy atom. The number of hydrogen-bond acceptors (Lipinski definition) is 2. The summed E-state index contributed by atoms with van der Waals surface area (Å²) in [5.74, 6) is 0. The maximum absolute atomic E-state index is 5.83. The number of rotatable bonds is 4. The van der Waals surface area contributed by atoms with Crippen LogP contribution in [0.4, 0.5) is 0 Å². The summed E-state index contributed by atoms with van der Waals surface area (Å²) in [4.78, 5) is 0. The number of aryl methyl sites for hydroxylation is 1. The van der Waals surface area contributed by atoms with Gasteiger partial charge in [-0.2, -0.15) is 0 Å². The van der Waals surface area contributed by atoms with E-state index in [1.54, 1.807) is 0 Å². The lowest BCUT2D eigenvalue weighted by Gasteiger charge is -1.96. The van der Waals surface area contributed by atoms with Gasteiger partial charge in [0.2, 0.25) is 0 Å². The first-order chi connectivity index (χ1) is 5.74. The number of hydrogen-bond donors (Lipinski definition) is 0. The fourth-order valence-electron chi connectivity index (χ4n) is 0.925. The SMILES string of the molecule is CCCCn1cc(C(C)Cl)nn1. The number of nitrogens with zero attached hydrogens (tertiary/aromatic N) is 3. The van der Waals surface area contributed by atoms with Crippen LogP contribution in [0.15, 0.2) is 6.20 Å². The van der Waals surface area contributed by atoms with E-state index in [0.717, 1.165) is 18.7 Å². The lowest BCUT2D eigenvalue weighted by atomic mass is 10.3. The van der Waals surface area contributed by atoms with Crippen LogP contribution in [0.5, 0.6) is 0 Å². The standard InChI is InChI=1S/C8H14ClN3/c1-3-4-5-12-6-8(7(2)9)10-11-12/h6-7H,3-5H2,1-2H3. The van der Waals surface area contributed by atoms with Gasteiger partial charge in [-0.25, -0.2) is 0 Å². The lowest BCUT2D eigenvalue weighted by molar-refractivity contribution is 0.553. The first kappa shape index (κ1) is 9.52. The Balaban J connectivity index is 2.52. The molecule has 0 aromatic carbocycles. The minimum atomic E-state index is -0.0413. The fourth-order valence-corrected chi connectivity index (χ4v) is 1.03. The van der Waals surface area contributed by atoms with Gasteiger partial charge in [-0.15, -0.1) is 16.7 Å². The quantitative estimate of drug-likeness (QED) is 0.678. The second-order valence-electron chi connectivity index (χ2n) is 2.88. The number of unbranched alkanes of at least 4 members (excludes halogenated alkanes) is 1. The Bertz CT molecular complexity index is 232. The zero-order valence-corrected chi connectivity index (χ0v) is 8.25. The van der Waals surface area contributed by atoms with Gasteiger partial charge in [0.05, 0.1) is 5.38 Å². The highest BCUT2D eigenvalue weighted by Crippen LogP contribution is 2.15. The van der Waals surface area contributed by atoms with Crippen LogP contribution in [0.25, 0.3) is 0 Å². The summed E-state index contributed by atoms with van der Waals surface area (Å²) in [7, 11) is 0. The second-order valence-corrected chi connectivity index (χ2v) is 3.53. The van der Waals surface area contributed by atoms with Crippen molar-refractivity contribution in [1.82, 2.24) is 15.0 Å². The minimum absolute atomic E-state index is 0.0413. The fraction of sp³-hybridized carbons (Fsp3) is 0.750. The third-order valence-corrected chi connectivity index (χ3v) is 1.93. The lowest BCUT2D eigenvalue weighted by Crippen LogP contribution is -1.97. The molecule has 68 valence electrons. The highest BCUT2D eigenvalue weighted by atomic mass is 35.5. The summed E-state index contributed by atoms with van der Waals surface area (Å²) in [6.45, 7) is 4.99. The van der Waals surface area contributed by atoms with Crippen molar-refractivity contribution in [2.24, 2.45) is 0 Å². The van der Waals surface area contributed by atoms with Gasteiger partial charge in [-0.1, -0.05) is 18.6 Å². The molecule has 0 radical (unpaired) electrons. The van der Waals surface area contributed by atoms with E-state index in [1.165, 1.54) is 6.42 Å². The van der Waals surface area contributed by atoms with E-state index >= 15 is 0 Å². The summed E-state index contributed by atoms with van der Waals surface area (Å²) in [6, 6.07) is 0. The molecule has 0 saturated heterocycles. The molecule has 1 aromatic heterocycles. The molecule has 3 nitrogen and oxygen atoms in total. The average Bonchev–Trinajstić information content (AvgIpc) is 2.48. The van der Waals surface area contributed by atoms with Gasteiger partial charge in [0.15, 0.2) is 0 Å². The first-order valence-corrected chi connectivity index (χ1v) is 4.71. The Hall–Kier alpha value is -0.570. The van der Waals surface area contributed by atoms with E-state index in [-0.39, 0.29) is 5.38 Å². The molecule has 0 N–H and O–H groups in total. The van der Waals surface area contributed by atoms with Crippen molar-refractivity contribution in [3.63, 3.8) is 0 Å². The second kappa shape index (κ2) is 4.45. The van der Waals surface area contributed by atoms with Crippen molar-refractivity contribution in [2.75, 3.05) is 0 Å². The molecule has 1 aromatic rings. The maximum Gasteiger partial charge on any atom is 0.100 e. The molecular formula is C8H14ClN3. The summed E-state index contributed by atoms with van der Waals surface area (Å²) >= 11 is 5.83. The molecule has 0 amide bonds. The minimum Gasteiger partial charge on any atom is -0.252 e. The van der Waals surface area contributed by atoms with Crippen LogP contribution in [0.2, 0.25) is 0 Å². The molecule has 1 rings (SSSR count). The summed E-state index contributed by atoms with van der Waals surface area (Å²) in [5, 5.41) is 7.87. The van der Waals surface area contributed by atoms with Crippen LogP contribution >= 0.6 is 11.6 Å². The molecule has 0 spiro atoms. The van der Waals surface area contributed by atoms with E-state index in [4.69, 9.17) is 11.6 Å². The molecule has 0 fully saturated rings. The number of alkyl halides is 1. The molecule has 0 bridgehead atoms. The Morgan fingerprint density at radius 1 is 1.67 bits per heavy atom. The van der Waals surface area contributed by atoms with Gasteiger partial charge in [0.1, 0.15) is 5.69 Å². The van der Waals surface area contributed by atoms with Gasteiger partial charge in [-0.3, -0.25) is 4.68 Å². The third kappa shape index (κ3) is 2.48. The predicted octanol–water partition coefficient (Wildman–Crippen LogP) is 2.38. The molecule has 0 aliphatic heterocycles. The molecule has 4 heteroatoms. The Labute approximate surface area is 77.7 Å². The average molecular weight is 188 g/mol. The van der Waals surface area contributed by atoms with Gasteiger partial charge >= 0.3 is 0 Å². The van der Waals surface area contributed by atoms with Crippen molar-refractivity contribution in [3.8, 4) is 0 Å². The highest BCUT2D eigenvalue weighted by molar-refractivity contribution is 6.20. The number of halogens is 1. The Kier molecular flexibility index (Phi) is 3.53. The molecule has 0 aliphatic carbocycles. The maximum atomic E-state index is 5.83. The van der Waals surface area contributed by atoms with Gasteiger partial charge in [0, 0.05) is 12.7 Å². The van der Waals surface area contributed by atoms with E-state index in [2.05, 4.69) is 17.2 Å². The molecule has 1 heterocycles. The highest BCUT2D eigenvalue weighted by Gasteiger charge is 2.05. The van der Waals surface area contributed by atoms with Crippen molar-refractivity contribution in [3.05, 3.63) is 11.9 Å². The van der Waals surface area contributed by atoms with Crippen molar-refractivity contribution in [1.29, 1.82) is 0 Å². The summed E-state index contributed by atoms with van der Waals surface area (Å²) in [5.41, 5.74) is 0.854. The molecule has 0 saturated carbocycles. The predicted molar refractivity (Wildman–Crippen MR) is 49.2 cm³/mol. The zero-order chi connectivity index (χ0) is 8.97. The summed E-state index contributed by atoms with van der Waals surface area (Å²) in [6.07, 6.45) is 4.22. The molecule has 12 heavy (non-hydrogen) atoms. The van der Waals surface area contributed by atoms with Crippen molar-refractivity contribution < 1.29 is 0 Å². The van der Waals surface area contributed by atoms with Crippen LogP contribution < -0.4 is 0 Å².